The zero-order chi connectivity index (χ0) is 5.28. The maximum atomic E-state index is 4.96. The molecule has 7 heavy (non-hydrogen) atoms. The van der Waals surface area contributed by atoms with Crippen molar-refractivity contribution >= 4 is 0 Å². The van der Waals surface area contributed by atoms with Gasteiger partial charge in [-0.3, -0.25) is 0 Å². The molecule has 1 saturated heterocycles. The third-order valence-electron chi connectivity index (χ3n) is 0.915. The molecule has 1 aliphatic heterocycles. The minimum atomic E-state index is 0.451. The summed E-state index contributed by atoms with van der Waals surface area (Å²) in [5.74, 6) is 0.701. The molecular formula is C5H9NO. The first kappa shape index (κ1) is 4.50. The number of rotatable bonds is 0. The van der Waals surface area contributed by atoms with Gasteiger partial charge in [-0.2, -0.15) is 0 Å². The van der Waals surface area contributed by atoms with E-state index in [4.69, 9.17) is 4.74 Å². The van der Waals surface area contributed by atoms with Gasteiger partial charge in [0.1, 0.15) is 6.61 Å². The standard InChI is InChI=1S/C5H9NO/c1-4-3-7-5(2)6-4/h4,6H,2-3H2,1H3/t4-/m1/s1. The second-order valence-corrected chi connectivity index (χ2v) is 1.78. The summed E-state index contributed by atoms with van der Waals surface area (Å²) in [7, 11) is 0. The lowest BCUT2D eigenvalue weighted by molar-refractivity contribution is 0.258. The summed E-state index contributed by atoms with van der Waals surface area (Å²) >= 11 is 0. The van der Waals surface area contributed by atoms with Gasteiger partial charge in [0.15, 0.2) is 5.88 Å². The molecule has 0 aliphatic carbocycles. The molecule has 0 aromatic heterocycles. The zero-order valence-electron chi connectivity index (χ0n) is 4.40. The summed E-state index contributed by atoms with van der Waals surface area (Å²) in [5, 5.41) is 3.00. The lowest BCUT2D eigenvalue weighted by Crippen LogP contribution is -2.17. The van der Waals surface area contributed by atoms with Crippen LogP contribution in [0.15, 0.2) is 12.5 Å². The van der Waals surface area contributed by atoms with Crippen LogP contribution < -0.4 is 5.32 Å². The topological polar surface area (TPSA) is 21.3 Å². The van der Waals surface area contributed by atoms with Crippen LogP contribution in [0.25, 0.3) is 0 Å². The maximum absolute atomic E-state index is 4.96. The first-order chi connectivity index (χ1) is 3.29. The highest BCUT2D eigenvalue weighted by molar-refractivity contribution is 4.88. The molecule has 0 aromatic rings. The lowest BCUT2D eigenvalue weighted by Gasteiger charge is -1.93. The fraction of sp³-hybridized carbons (Fsp3) is 0.600. The van der Waals surface area contributed by atoms with Crippen LogP contribution >= 0.6 is 0 Å². The van der Waals surface area contributed by atoms with E-state index < -0.39 is 0 Å². The predicted octanol–water partition coefficient (Wildman–Crippen LogP) is 0.466. The molecule has 1 rings (SSSR count). The largest absolute Gasteiger partial charge is 0.478 e. The van der Waals surface area contributed by atoms with Gasteiger partial charge in [-0.15, -0.1) is 0 Å². The van der Waals surface area contributed by atoms with E-state index in [1.807, 2.05) is 0 Å². The number of hydrogen-bond acceptors (Lipinski definition) is 2. The first-order valence-electron chi connectivity index (χ1n) is 2.37. The van der Waals surface area contributed by atoms with Gasteiger partial charge in [0.05, 0.1) is 6.04 Å². The van der Waals surface area contributed by atoms with Crippen molar-refractivity contribution in [2.45, 2.75) is 13.0 Å². The third-order valence-corrected chi connectivity index (χ3v) is 0.915. The number of nitrogens with one attached hydrogen (secondary N) is 1. The molecule has 0 aromatic carbocycles. The Labute approximate surface area is 43.2 Å². The van der Waals surface area contributed by atoms with Gasteiger partial charge >= 0.3 is 0 Å². The van der Waals surface area contributed by atoms with Crippen LogP contribution in [-0.4, -0.2) is 12.6 Å². The molecule has 0 spiro atoms. The van der Waals surface area contributed by atoms with Crippen molar-refractivity contribution in [1.29, 1.82) is 0 Å². The van der Waals surface area contributed by atoms with Crippen molar-refractivity contribution in [3.63, 3.8) is 0 Å². The summed E-state index contributed by atoms with van der Waals surface area (Å²) in [6, 6.07) is 0.451. The summed E-state index contributed by atoms with van der Waals surface area (Å²) in [6.07, 6.45) is 0. The van der Waals surface area contributed by atoms with Crippen LogP contribution in [-0.2, 0) is 4.74 Å². The van der Waals surface area contributed by atoms with Crippen LogP contribution in [0.1, 0.15) is 6.92 Å². The molecule has 1 aliphatic rings. The minimum absolute atomic E-state index is 0.451. The molecule has 2 heteroatoms. The second-order valence-electron chi connectivity index (χ2n) is 1.78. The van der Waals surface area contributed by atoms with Crippen LogP contribution in [0.2, 0.25) is 0 Å². The summed E-state index contributed by atoms with van der Waals surface area (Å²) in [4.78, 5) is 0. The molecule has 40 valence electrons. The quantitative estimate of drug-likeness (QED) is 0.476. The SMILES string of the molecule is C=C1N[C@H](C)CO1. The van der Waals surface area contributed by atoms with E-state index in [0.29, 0.717) is 11.9 Å². The van der Waals surface area contributed by atoms with E-state index in [1.165, 1.54) is 0 Å². The van der Waals surface area contributed by atoms with E-state index in [-0.39, 0.29) is 0 Å². The van der Waals surface area contributed by atoms with Gasteiger partial charge in [-0.25, -0.2) is 0 Å². The van der Waals surface area contributed by atoms with Gasteiger partial charge in [0.2, 0.25) is 0 Å². The Morgan fingerprint density at radius 3 is 2.86 bits per heavy atom. The van der Waals surface area contributed by atoms with Crippen molar-refractivity contribution in [3.8, 4) is 0 Å². The highest BCUT2D eigenvalue weighted by Crippen LogP contribution is 2.00. The van der Waals surface area contributed by atoms with E-state index in [0.717, 1.165) is 6.61 Å². The Morgan fingerprint density at radius 2 is 2.71 bits per heavy atom. The van der Waals surface area contributed by atoms with Gasteiger partial charge in [-0.05, 0) is 13.5 Å². The van der Waals surface area contributed by atoms with Gasteiger partial charge in [0.25, 0.3) is 0 Å². The molecule has 0 unspecified atom stereocenters. The van der Waals surface area contributed by atoms with Gasteiger partial charge in [0, 0.05) is 0 Å². The average Bonchev–Trinajstić information content (AvgIpc) is 1.87. The first-order valence-corrected chi connectivity index (χ1v) is 2.37. The Hall–Kier alpha value is -0.660. The Balaban J connectivity index is 2.40. The van der Waals surface area contributed by atoms with Crippen LogP contribution in [0.3, 0.4) is 0 Å². The van der Waals surface area contributed by atoms with E-state index in [9.17, 15) is 0 Å². The summed E-state index contributed by atoms with van der Waals surface area (Å²) in [5.41, 5.74) is 0. The second kappa shape index (κ2) is 1.45. The minimum Gasteiger partial charge on any atom is -0.478 e. The molecular weight excluding hydrogens is 90.1 g/mol. The Morgan fingerprint density at radius 1 is 2.00 bits per heavy atom. The highest BCUT2D eigenvalue weighted by Gasteiger charge is 2.10. The van der Waals surface area contributed by atoms with Crippen molar-refractivity contribution in [2.75, 3.05) is 6.61 Å². The van der Waals surface area contributed by atoms with Crippen molar-refractivity contribution in [2.24, 2.45) is 0 Å². The van der Waals surface area contributed by atoms with Crippen molar-refractivity contribution < 1.29 is 4.74 Å². The fourth-order valence-electron chi connectivity index (χ4n) is 0.584. The smallest absolute Gasteiger partial charge is 0.179 e. The predicted molar refractivity (Wildman–Crippen MR) is 27.7 cm³/mol. The van der Waals surface area contributed by atoms with E-state index in [2.05, 4.69) is 18.8 Å². The lowest BCUT2D eigenvalue weighted by atomic mass is 10.4. The molecule has 1 heterocycles. The highest BCUT2D eigenvalue weighted by atomic mass is 16.5. The molecule has 0 amide bonds. The Bertz CT molecular complexity index is 90.1. The van der Waals surface area contributed by atoms with Crippen LogP contribution in [0, 0.1) is 0 Å². The van der Waals surface area contributed by atoms with Crippen molar-refractivity contribution in [1.82, 2.24) is 5.32 Å². The zero-order valence-corrected chi connectivity index (χ0v) is 4.40. The monoisotopic (exact) mass is 99.1 g/mol. The number of hydrogen-bond donors (Lipinski definition) is 1. The Kier molecular flexibility index (Phi) is 0.929. The van der Waals surface area contributed by atoms with Gasteiger partial charge < -0.3 is 10.1 Å². The van der Waals surface area contributed by atoms with Crippen LogP contribution in [0.5, 0.6) is 0 Å². The maximum Gasteiger partial charge on any atom is 0.179 e. The molecule has 0 bridgehead atoms. The van der Waals surface area contributed by atoms with E-state index >= 15 is 0 Å². The van der Waals surface area contributed by atoms with Gasteiger partial charge in [-0.1, -0.05) is 0 Å². The van der Waals surface area contributed by atoms with Crippen LogP contribution in [0.4, 0.5) is 0 Å². The molecule has 2 nitrogen and oxygen atoms in total. The molecule has 0 radical (unpaired) electrons. The fourth-order valence-corrected chi connectivity index (χ4v) is 0.584. The average molecular weight is 99.1 g/mol. The third kappa shape index (κ3) is 0.856. The normalized spacial score (nSPS) is 29.3. The summed E-state index contributed by atoms with van der Waals surface area (Å²) < 4.78 is 4.96. The van der Waals surface area contributed by atoms with Crippen molar-refractivity contribution in [3.05, 3.63) is 12.5 Å². The molecule has 1 atom stereocenters. The molecule has 0 saturated carbocycles. The number of ether oxygens (including phenoxy) is 1. The summed E-state index contributed by atoms with van der Waals surface area (Å²) in [6.45, 7) is 6.39. The molecule has 1 N–H and O–H groups in total. The van der Waals surface area contributed by atoms with E-state index in [1.54, 1.807) is 0 Å². The molecule has 1 fully saturated rings.